The molecule has 3 aromatic rings. The third-order valence-corrected chi connectivity index (χ3v) is 6.10. The van der Waals surface area contributed by atoms with Gasteiger partial charge in [-0.1, -0.05) is 67.6 Å². The summed E-state index contributed by atoms with van der Waals surface area (Å²) >= 11 is 0.978. The van der Waals surface area contributed by atoms with Gasteiger partial charge in [0.25, 0.3) is 11.1 Å². The molecule has 1 aliphatic heterocycles. The molecule has 1 atom stereocenters. The van der Waals surface area contributed by atoms with E-state index in [1.807, 2.05) is 73.7 Å². The molecule has 1 fully saturated rings. The molecule has 0 spiro atoms. The van der Waals surface area contributed by atoms with Crippen LogP contribution in [-0.4, -0.2) is 22.2 Å². The fourth-order valence-electron chi connectivity index (χ4n) is 3.39. The van der Waals surface area contributed by atoms with Crippen molar-refractivity contribution >= 4 is 39.8 Å². The number of carbonyl (C=O) groups excluding carboxylic acids is 2. The van der Waals surface area contributed by atoms with E-state index in [1.165, 1.54) is 4.90 Å². The summed E-state index contributed by atoms with van der Waals surface area (Å²) in [6.07, 6.45) is 2.71. The number of amides is 2. The molecule has 0 radical (unpaired) electrons. The van der Waals surface area contributed by atoms with Crippen LogP contribution in [0.15, 0.2) is 71.6 Å². The Morgan fingerprint density at radius 3 is 2.57 bits per heavy atom. The van der Waals surface area contributed by atoms with Crippen molar-refractivity contribution in [2.45, 2.75) is 32.9 Å². The van der Waals surface area contributed by atoms with Crippen molar-refractivity contribution in [3.05, 3.63) is 82.8 Å². The summed E-state index contributed by atoms with van der Waals surface area (Å²) in [6, 6.07) is 21.5. The molecule has 0 saturated carbocycles. The molecule has 1 heterocycles. The lowest BCUT2D eigenvalue weighted by Crippen LogP contribution is -2.27. The van der Waals surface area contributed by atoms with Crippen LogP contribution in [0, 0.1) is 0 Å². The molecular formula is C25H23NO3S. The Bertz CT molecular complexity index is 1130. The molecule has 0 N–H and O–H groups in total. The Hall–Kier alpha value is -3.05. The van der Waals surface area contributed by atoms with Crippen molar-refractivity contribution < 1.29 is 14.3 Å². The Morgan fingerprint density at radius 1 is 1.00 bits per heavy atom. The van der Waals surface area contributed by atoms with Crippen molar-refractivity contribution in [2.24, 2.45) is 0 Å². The molecule has 152 valence electrons. The zero-order valence-corrected chi connectivity index (χ0v) is 17.8. The van der Waals surface area contributed by atoms with Crippen LogP contribution < -0.4 is 4.74 Å². The van der Waals surface area contributed by atoms with Gasteiger partial charge in [-0.15, -0.1) is 0 Å². The normalized spacial score (nSPS) is 16.5. The van der Waals surface area contributed by atoms with Gasteiger partial charge in [0, 0.05) is 5.56 Å². The van der Waals surface area contributed by atoms with Crippen LogP contribution in [0.25, 0.3) is 16.8 Å². The van der Waals surface area contributed by atoms with E-state index in [0.29, 0.717) is 10.7 Å². The highest BCUT2D eigenvalue weighted by molar-refractivity contribution is 8.18. The molecule has 3 aromatic carbocycles. The number of para-hydroxylation sites is 1. The molecule has 1 aliphatic rings. The molecule has 5 heteroatoms. The quantitative estimate of drug-likeness (QED) is 0.445. The number of nitrogens with zero attached hydrogens (tertiary/aromatic N) is 1. The van der Waals surface area contributed by atoms with Gasteiger partial charge in [0.2, 0.25) is 0 Å². The Labute approximate surface area is 180 Å². The lowest BCUT2D eigenvalue weighted by atomic mass is 10.0. The lowest BCUT2D eigenvalue weighted by molar-refractivity contribution is -0.123. The predicted molar refractivity (Wildman–Crippen MR) is 122 cm³/mol. The number of imide groups is 1. The summed E-state index contributed by atoms with van der Waals surface area (Å²) in [4.78, 5) is 27.4. The Morgan fingerprint density at radius 2 is 1.73 bits per heavy atom. The zero-order valence-electron chi connectivity index (χ0n) is 17.0. The predicted octanol–water partition coefficient (Wildman–Crippen LogP) is 6.25. The van der Waals surface area contributed by atoms with Gasteiger partial charge >= 0.3 is 0 Å². The van der Waals surface area contributed by atoms with Crippen LogP contribution >= 0.6 is 11.8 Å². The summed E-state index contributed by atoms with van der Waals surface area (Å²) in [5.41, 5.74) is 1.76. The van der Waals surface area contributed by atoms with Crippen LogP contribution in [0.4, 0.5) is 4.79 Å². The number of hydrogen-bond acceptors (Lipinski definition) is 4. The van der Waals surface area contributed by atoms with Gasteiger partial charge in [-0.05, 0) is 53.6 Å². The molecule has 0 bridgehead atoms. The molecule has 1 saturated heterocycles. The number of hydrogen-bond donors (Lipinski definition) is 0. The van der Waals surface area contributed by atoms with Crippen LogP contribution in [-0.2, 0) is 11.3 Å². The van der Waals surface area contributed by atoms with E-state index in [4.69, 9.17) is 4.74 Å². The maximum atomic E-state index is 13.0. The number of carbonyl (C=O) groups is 2. The maximum absolute atomic E-state index is 13.0. The van der Waals surface area contributed by atoms with Gasteiger partial charge in [-0.25, -0.2) is 0 Å². The fourth-order valence-corrected chi connectivity index (χ4v) is 4.21. The van der Waals surface area contributed by atoms with Gasteiger partial charge in [0.1, 0.15) is 5.75 Å². The molecular weight excluding hydrogens is 394 g/mol. The zero-order chi connectivity index (χ0) is 21.1. The highest BCUT2D eigenvalue weighted by Gasteiger charge is 2.35. The average Bonchev–Trinajstić information content (AvgIpc) is 3.02. The smallest absolute Gasteiger partial charge is 0.293 e. The van der Waals surface area contributed by atoms with Gasteiger partial charge in [-0.2, -0.15) is 0 Å². The number of benzene rings is 3. The number of ether oxygens (including phenoxy) is 1. The first kappa shape index (κ1) is 20.2. The molecule has 0 aliphatic carbocycles. The summed E-state index contributed by atoms with van der Waals surface area (Å²) in [5.74, 6) is 0.448. The molecule has 0 aromatic heterocycles. The van der Waals surface area contributed by atoms with E-state index >= 15 is 0 Å². The third kappa shape index (κ3) is 4.12. The largest absolute Gasteiger partial charge is 0.490 e. The minimum atomic E-state index is -0.267. The average molecular weight is 418 g/mol. The highest BCUT2D eigenvalue weighted by Crippen LogP contribution is 2.35. The second-order valence-corrected chi connectivity index (χ2v) is 8.27. The van der Waals surface area contributed by atoms with E-state index < -0.39 is 0 Å². The number of fused-ring (bicyclic) bond motifs is 1. The Balaban J connectivity index is 1.61. The number of thioether (sulfide) groups is 1. The second kappa shape index (κ2) is 8.76. The maximum Gasteiger partial charge on any atom is 0.293 e. The molecule has 2 amide bonds. The monoisotopic (exact) mass is 417 g/mol. The molecule has 4 rings (SSSR count). The standard InChI is InChI=1S/C25H23NO3S/c1-3-17(2)29-22-14-7-5-10-19(22)15-23-24(27)26(25(28)30-23)16-20-12-8-11-18-9-4-6-13-21(18)20/h4-15,17H,3,16H2,1-2H3/b23-15+/t17-/m1/s1. The highest BCUT2D eigenvalue weighted by atomic mass is 32.2. The Kier molecular flexibility index (Phi) is 5.91. The van der Waals surface area contributed by atoms with E-state index in [0.717, 1.165) is 40.1 Å². The minimum absolute atomic E-state index is 0.0703. The minimum Gasteiger partial charge on any atom is -0.490 e. The first-order valence-electron chi connectivity index (χ1n) is 10.0. The molecule has 4 nitrogen and oxygen atoms in total. The number of rotatable bonds is 6. The van der Waals surface area contributed by atoms with Crippen molar-refractivity contribution in [3.8, 4) is 5.75 Å². The van der Waals surface area contributed by atoms with Crippen molar-refractivity contribution in [1.29, 1.82) is 0 Å². The SMILES string of the molecule is CC[C@@H](C)Oc1ccccc1/C=C1/SC(=O)N(Cc2cccc3ccccc23)C1=O. The summed E-state index contributed by atoms with van der Waals surface area (Å²) in [6.45, 7) is 4.33. The van der Waals surface area contributed by atoms with Gasteiger partial charge in [0.05, 0.1) is 17.6 Å². The van der Waals surface area contributed by atoms with Gasteiger partial charge in [0.15, 0.2) is 0 Å². The molecule has 0 unspecified atom stereocenters. The summed E-state index contributed by atoms with van der Waals surface area (Å²) < 4.78 is 5.97. The topological polar surface area (TPSA) is 46.6 Å². The molecule has 30 heavy (non-hydrogen) atoms. The van der Waals surface area contributed by atoms with Gasteiger partial charge in [-0.3, -0.25) is 14.5 Å². The van der Waals surface area contributed by atoms with Crippen LogP contribution in [0.2, 0.25) is 0 Å². The fraction of sp³-hybridized carbons (Fsp3) is 0.200. The first-order chi connectivity index (χ1) is 14.6. The second-order valence-electron chi connectivity index (χ2n) is 7.28. The lowest BCUT2D eigenvalue weighted by Gasteiger charge is -2.15. The first-order valence-corrected chi connectivity index (χ1v) is 10.9. The van der Waals surface area contributed by atoms with E-state index in [2.05, 4.69) is 6.92 Å². The van der Waals surface area contributed by atoms with Gasteiger partial charge < -0.3 is 4.74 Å². The van der Waals surface area contributed by atoms with Crippen molar-refractivity contribution in [1.82, 2.24) is 4.90 Å². The van der Waals surface area contributed by atoms with Crippen molar-refractivity contribution in [2.75, 3.05) is 0 Å². The van der Waals surface area contributed by atoms with Crippen LogP contribution in [0.1, 0.15) is 31.4 Å². The summed E-state index contributed by atoms with van der Waals surface area (Å²) in [7, 11) is 0. The van der Waals surface area contributed by atoms with E-state index in [-0.39, 0.29) is 23.8 Å². The van der Waals surface area contributed by atoms with Crippen molar-refractivity contribution in [3.63, 3.8) is 0 Å². The summed E-state index contributed by atoms with van der Waals surface area (Å²) in [5, 5.41) is 1.89. The van der Waals surface area contributed by atoms with E-state index in [1.54, 1.807) is 6.08 Å². The van der Waals surface area contributed by atoms with E-state index in [9.17, 15) is 9.59 Å². The third-order valence-electron chi connectivity index (χ3n) is 5.19. The van der Waals surface area contributed by atoms with Crippen LogP contribution in [0.5, 0.6) is 5.75 Å². The van der Waals surface area contributed by atoms with Crippen LogP contribution in [0.3, 0.4) is 0 Å².